The number of hydrogen-bond acceptors (Lipinski definition) is 4. The zero-order chi connectivity index (χ0) is 16.5. The summed E-state index contributed by atoms with van der Waals surface area (Å²) in [6.07, 6.45) is 5.42. The number of piperidine rings is 1. The monoisotopic (exact) mass is 327 g/mol. The Labute approximate surface area is 141 Å². The number of rotatable bonds is 4. The van der Waals surface area contributed by atoms with Gasteiger partial charge in [-0.15, -0.1) is 0 Å². The third-order valence-electron chi connectivity index (χ3n) is 5.31. The summed E-state index contributed by atoms with van der Waals surface area (Å²) in [7, 11) is 0. The van der Waals surface area contributed by atoms with Gasteiger partial charge in [0.25, 0.3) is 5.56 Å². The summed E-state index contributed by atoms with van der Waals surface area (Å²) in [4.78, 5) is 14.7. The Morgan fingerprint density at radius 2 is 2.08 bits per heavy atom. The van der Waals surface area contributed by atoms with Crippen LogP contribution in [0.4, 0.5) is 0 Å². The Kier molecular flexibility index (Phi) is 4.22. The lowest BCUT2D eigenvalue weighted by Crippen LogP contribution is -2.36. The van der Waals surface area contributed by atoms with E-state index >= 15 is 0 Å². The van der Waals surface area contributed by atoms with E-state index in [1.165, 1.54) is 5.56 Å². The first-order valence-corrected chi connectivity index (χ1v) is 9.00. The van der Waals surface area contributed by atoms with E-state index in [1.807, 2.05) is 13.0 Å². The fraction of sp³-hybridized carbons (Fsp3) is 0.611. The first-order valence-electron chi connectivity index (χ1n) is 9.00. The number of H-pyrrole nitrogens is 1. The third-order valence-corrected chi connectivity index (χ3v) is 5.31. The second-order valence-corrected chi connectivity index (χ2v) is 7.25. The Morgan fingerprint density at radius 1 is 1.25 bits per heavy atom. The zero-order valence-electron chi connectivity index (χ0n) is 14.3. The number of nitrogens with zero attached hydrogens (tertiary/aromatic N) is 4. The summed E-state index contributed by atoms with van der Waals surface area (Å²) in [6, 6.07) is 3.92. The first kappa shape index (κ1) is 15.6. The zero-order valence-corrected chi connectivity index (χ0v) is 14.3. The van der Waals surface area contributed by atoms with Crippen LogP contribution in [0.15, 0.2) is 16.9 Å². The van der Waals surface area contributed by atoms with E-state index < -0.39 is 0 Å². The molecule has 2 aromatic heterocycles. The second kappa shape index (κ2) is 6.51. The van der Waals surface area contributed by atoms with Crippen LogP contribution in [0.5, 0.6) is 0 Å². The van der Waals surface area contributed by atoms with Gasteiger partial charge >= 0.3 is 0 Å². The summed E-state index contributed by atoms with van der Waals surface area (Å²) in [5.41, 5.74) is 4.61. The molecule has 0 bridgehead atoms. The summed E-state index contributed by atoms with van der Waals surface area (Å²) < 4.78 is 1.71. The molecule has 0 unspecified atom stereocenters. The maximum Gasteiger partial charge on any atom is 0.267 e. The molecule has 0 spiro atoms. The van der Waals surface area contributed by atoms with E-state index in [9.17, 15) is 4.79 Å². The van der Waals surface area contributed by atoms with Gasteiger partial charge in [-0.25, -0.2) is 4.68 Å². The highest BCUT2D eigenvalue weighted by Crippen LogP contribution is 2.21. The molecule has 2 aliphatic rings. The molecule has 1 N–H and O–H groups in total. The van der Waals surface area contributed by atoms with Crippen molar-refractivity contribution < 1.29 is 0 Å². The number of fused-ring (bicyclic) bond motifs is 1. The average molecular weight is 327 g/mol. The lowest BCUT2D eigenvalue weighted by Gasteiger charge is -2.31. The minimum Gasteiger partial charge on any atom is -0.297 e. The van der Waals surface area contributed by atoms with Gasteiger partial charge in [-0.3, -0.25) is 14.8 Å². The van der Waals surface area contributed by atoms with Gasteiger partial charge in [0.2, 0.25) is 0 Å². The molecule has 2 aromatic rings. The number of aryl methyl sites for hydroxylation is 3. The minimum absolute atomic E-state index is 0.0741. The summed E-state index contributed by atoms with van der Waals surface area (Å²) in [5.74, 6) is 0.548. The van der Waals surface area contributed by atoms with Crippen molar-refractivity contribution in [2.24, 2.45) is 5.92 Å². The smallest absolute Gasteiger partial charge is 0.267 e. The molecule has 3 heterocycles. The second-order valence-electron chi connectivity index (χ2n) is 7.25. The van der Waals surface area contributed by atoms with Crippen molar-refractivity contribution in [1.82, 2.24) is 24.9 Å². The number of nitrogens with one attached hydrogen (secondary N) is 1. The maximum atomic E-state index is 12.2. The molecule has 0 radical (unpaired) electrons. The molecule has 1 fully saturated rings. The van der Waals surface area contributed by atoms with Crippen LogP contribution in [0.25, 0.3) is 0 Å². The molecule has 24 heavy (non-hydrogen) atoms. The van der Waals surface area contributed by atoms with E-state index in [1.54, 1.807) is 4.68 Å². The van der Waals surface area contributed by atoms with E-state index in [0.717, 1.165) is 75.4 Å². The van der Waals surface area contributed by atoms with Crippen LogP contribution in [0, 0.1) is 12.8 Å². The molecular weight excluding hydrogens is 302 g/mol. The van der Waals surface area contributed by atoms with Crippen molar-refractivity contribution in [3.05, 3.63) is 45.1 Å². The molecule has 6 nitrogen and oxygen atoms in total. The van der Waals surface area contributed by atoms with Crippen molar-refractivity contribution >= 4 is 0 Å². The molecule has 1 aliphatic carbocycles. The largest absolute Gasteiger partial charge is 0.297 e. The van der Waals surface area contributed by atoms with Crippen LogP contribution < -0.4 is 5.56 Å². The maximum absolute atomic E-state index is 12.2. The topological polar surface area (TPSA) is 66.8 Å². The molecule has 6 heteroatoms. The molecule has 0 amide bonds. The van der Waals surface area contributed by atoms with Gasteiger partial charge in [0, 0.05) is 24.8 Å². The predicted molar refractivity (Wildman–Crippen MR) is 91.8 cm³/mol. The van der Waals surface area contributed by atoms with E-state index in [0.29, 0.717) is 5.92 Å². The fourth-order valence-electron chi connectivity index (χ4n) is 3.93. The standard InChI is InChI=1S/C18H25N5O/c1-13-9-16(20-19-13)12-22-7-5-14(6-8-22)11-23-18(24)10-15-3-2-4-17(15)21-23/h9-10,14H,2-8,11-12H2,1H3,(H,19,20). The summed E-state index contributed by atoms with van der Waals surface area (Å²) in [5, 5.41) is 11.9. The number of aromatic nitrogens is 4. The SMILES string of the molecule is Cc1cc(CN2CCC(Cn3nc4c(cc3=O)CCC4)CC2)n[nH]1. The molecule has 1 aliphatic heterocycles. The number of likely N-dealkylation sites (tertiary alicyclic amines) is 1. The minimum atomic E-state index is 0.0741. The fourth-order valence-corrected chi connectivity index (χ4v) is 3.93. The van der Waals surface area contributed by atoms with Crippen molar-refractivity contribution in [2.45, 2.75) is 52.1 Å². The van der Waals surface area contributed by atoms with Crippen molar-refractivity contribution in [3.8, 4) is 0 Å². The molecule has 0 saturated carbocycles. The highest BCUT2D eigenvalue weighted by molar-refractivity contribution is 5.22. The molecule has 128 valence electrons. The van der Waals surface area contributed by atoms with E-state index in [-0.39, 0.29) is 5.56 Å². The van der Waals surface area contributed by atoms with Crippen LogP contribution in [-0.4, -0.2) is 38.0 Å². The highest BCUT2D eigenvalue weighted by atomic mass is 16.1. The van der Waals surface area contributed by atoms with Crippen LogP contribution >= 0.6 is 0 Å². The predicted octanol–water partition coefficient (Wildman–Crippen LogP) is 1.68. The Bertz CT molecular complexity index is 770. The quantitative estimate of drug-likeness (QED) is 0.928. The molecular formula is C18H25N5O. The Balaban J connectivity index is 1.34. The summed E-state index contributed by atoms with van der Waals surface area (Å²) in [6.45, 7) is 5.84. The first-order chi connectivity index (χ1) is 11.7. The van der Waals surface area contributed by atoms with Gasteiger partial charge in [-0.05, 0) is 69.7 Å². The van der Waals surface area contributed by atoms with Crippen LogP contribution in [0.3, 0.4) is 0 Å². The van der Waals surface area contributed by atoms with Gasteiger partial charge in [-0.2, -0.15) is 10.2 Å². The lowest BCUT2D eigenvalue weighted by atomic mass is 9.96. The Morgan fingerprint density at radius 3 is 2.83 bits per heavy atom. The highest BCUT2D eigenvalue weighted by Gasteiger charge is 2.22. The van der Waals surface area contributed by atoms with Crippen molar-refractivity contribution in [1.29, 1.82) is 0 Å². The van der Waals surface area contributed by atoms with Gasteiger partial charge in [0.15, 0.2) is 0 Å². The normalized spacial score (nSPS) is 18.9. The van der Waals surface area contributed by atoms with Gasteiger partial charge in [0.1, 0.15) is 0 Å². The van der Waals surface area contributed by atoms with Gasteiger partial charge < -0.3 is 0 Å². The average Bonchev–Trinajstić information content (AvgIpc) is 3.18. The third kappa shape index (κ3) is 3.29. The Hall–Kier alpha value is -1.95. The number of aromatic amines is 1. The molecule has 1 saturated heterocycles. The molecule has 4 rings (SSSR count). The van der Waals surface area contributed by atoms with E-state index in [4.69, 9.17) is 0 Å². The van der Waals surface area contributed by atoms with E-state index in [2.05, 4.69) is 26.3 Å². The van der Waals surface area contributed by atoms with Crippen molar-refractivity contribution in [3.63, 3.8) is 0 Å². The van der Waals surface area contributed by atoms with Crippen molar-refractivity contribution in [2.75, 3.05) is 13.1 Å². The number of hydrogen-bond donors (Lipinski definition) is 1. The molecule has 0 atom stereocenters. The summed E-state index contributed by atoms with van der Waals surface area (Å²) >= 11 is 0. The van der Waals surface area contributed by atoms with Crippen LogP contribution in [-0.2, 0) is 25.9 Å². The van der Waals surface area contributed by atoms with Gasteiger partial charge in [-0.1, -0.05) is 0 Å². The van der Waals surface area contributed by atoms with Crippen LogP contribution in [0.1, 0.15) is 41.9 Å². The molecule has 0 aromatic carbocycles. The van der Waals surface area contributed by atoms with Gasteiger partial charge in [0.05, 0.1) is 11.4 Å². The van der Waals surface area contributed by atoms with Crippen LogP contribution in [0.2, 0.25) is 0 Å². The lowest BCUT2D eigenvalue weighted by molar-refractivity contribution is 0.162.